The van der Waals surface area contributed by atoms with Gasteiger partial charge in [0.25, 0.3) is 5.56 Å². The zero-order valence-corrected chi connectivity index (χ0v) is 18.0. The number of esters is 1. The van der Waals surface area contributed by atoms with Crippen LogP contribution in [-0.4, -0.2) is 26.6 Å². The number of hydrogen-bond donors (Lipinski definition) is 2. The molecule has 6 rings (SSSR count). The van der Waals surface area contributed by atoms with Crippen molar-refractivity contribution in [2.75, 3.05) is 0 Å². The molecule has 2 heterocycles. The second-order valence-corrected chi connectivity index (χ2v) is 11.1. The summed E-state index contributed by atoms with van der Waals surface area (Å²) in [5.41, 5.74) is 0.0678. The predicted molar refractivity (Wildman–Crippen MR) is 111 cm³/mol. The molecule has 0 aliphatic heterocycles. The molecule has 2 aromatic rings. The van der Waals surface area contributed by atoms with E-state index in [1.807, 2.05) is 13.8 Å². The molecule has 5 atom stereocenters. The number of aliphatic hydroxyl groups is 1. The van der Waals surface area contributed by atoms with E-state index in [0.717, 1.165) is 36.1 Å². The number of fused-ring (bicyclic) bond motifs is 1. The van der Waals surface area contributed by atoms with Gasteiger partial charge in [0, 0.05) is 4.88 Å². The van der Waals surface area contributed by atoms with Crippen LogP contribution in [0.3, 0.4) is 0 Å². The number of carbonyl (C=O) groups excluding carboxylic acids is 1. The molecule has 29 heavy (non-hydrogen) atoms. The summed E-state index contributed by atoms with van der Waals surface area (Å²) >= 11 is 1.49. The third kappa shape index (κ3) is 3.22. The van der Waals surface area contributed by atoms with Crippen LogP contribution in [0.2, 0.25) is 0 Å². The fourth-order valence-corrected chi connectivity index (χ4v) is 7.71. The molecular formula is C22H28N2O4S. The van der Waals surface area contributed by atoms with Gasteiger partial charge in [0.2, 0.25) is 0 Å². The number of carbonyl (C=O) groups is 1. The quantitative estimate of drug-likeness (QED) is 0.737. The van der Waals surface area contributed by atoms with Crippen molar-refractivity contribution >= 4 is 27.5 Å². The number of nitrogens with one attached hydrogen (secondary N) is 1. The molecule has 0 amide bonds. The molecule has 7 heteroatoms. The summed E-state index contributed by atoms with van der Waals surface area (Å²) in [5.74, 6) is 1.21. The highest BCUT2D eigenvalue weighted by molar-refractivity contribution is 7.18. The van der Waals surface area contributed by atoms with Crippen LogP contribution in [0.1, 0.15) is 74.2 Å². The maximum absolute atomic E-state index is 12.8. The SMILES string of the molecule is Cc1sc2nc([C@H](C)OC(=O)CC34C[C@@H]5C[C@@H](CC(O)(C5)C3)C4)[nH]c(=O)c2c1C. The molecule has 2 aromatic heterocycles. The molecule has 0 saturated heterocycles. The molecule has 4 aliphatic carbocycles. The minimum Gasteiger partial charge on any atom is -0.454 e. The number of aryl methyl sites for hydroxylation is 2. The van der Waals surface area contributed by atoms with E-state index in [9.17, 15) is 14.7 Å². The molecule has 4 bridgehead atoms. The van der Waals surface area contributed by atoms with Crippen LogP contribution >= 0.6 is 11.3 Å². The Hall–Kier alpha value is -1.73. The van der Waals surface area contributed by atoms with Crippen molar-refractivity contribution in [3.63, 3.8) is 0 Å². The van der Waals surface area contributed by atoms with Crippen molar-refractivity contribution in [2.24, 2.45) is 17.3 Å². The Morgan fingerprint density at radius 1 is 1.31 bits per heavy atom. The smallest absolute Gasteiger partial charge is 0.307 e. The number of H-pyrrole nitrogens is 1. The lowest BCUT2D eigenvalue weighted by Crippen LogP contribution is -2.56. The lowest BCUT2D eigenvalue weighted by Gasteiger charge is -2.60. The molecule has 156 valence electrons. The summed E-state index contributed by atoms with van der Waals surface area (Å²) in [6.07, 6.45) is 5.46. The fourth-order valence-electron chi connectivity index (χ4n) is 6.67. The third-order valence-electron chi connectivity index (χ3n) is 7.42. The molecule has 2 N–H and O–H groups in total. The summed E-state index contributed by atoms with van der Waals surface area (Å²) in [7, 11) is 0. The highest BCUT2D eigenvalue weighted by Gasteiger charge is 2.57. The first-order chi connectivity index (χ1) is 13.7. The van der Waals surface area contributed by atoms with Crippen LogP contribution in [0, 0.1) is 31.1 Å². The second-order valence-electron chi connectivity index (χ2n) is 9.91. The lowest BCUT2D eigenvalue weighted by atomic mass is 9.47. The first kappa shape index (κ1) is 19.2. The van der Waals surface area contributed by atoms with Gasteiger partial charge in [-0.25, -0.2) is 4.98 Å². The van der Waals surface area contributed by atoms with E-state index in [1.165, 1.54) is 17.8 Å². The van der Waals surface area contributed by atoms with Crippen LogP contribution in [0.5, 0.6) is 0 Å². The van der Waals surface area contributed by atoms with Gasteiger partial charge in [-0.05, 0) is 82.1 Å². The molecular weight excluding hydrogens is 388 g/mol. The average Bonchev–Trinajstić information content (AvgIpc) is 2.86. The number of aromatic nitrogens is 2. The van der Waals surface area contributed by atoms with Gasteiger partial charge >= 0.3 is 5.97 Å². The minimum atomic E-state index is -0.612. The number of nitrogens with zero attached hydrogens (tertiary/aromatic N) is 1. The zero-order chi connectivity index (χ0) is 20.6. The van der Waals surface area contributed by atoms with E-state index < -0.39 is 11.7 Å². The van der Waals surface area contributed by atoms with Crippen molar-refractivity contribution in [2.45, 2.75) is 77.4 Å². The van der Waals surface area contributed by atoms with E-state index in [1.54, 1.807) is 6.92 Å². The number of hydrogen-bond acceptors (Lipinski definition) is 6. The van der Waals surface area contributed by atoms with Crippen LogP contribution in [0.25, 0.3) is 10.2 Å². The zero-order valence-electron chi connectivity index (χ0n) is 17.2. The molecule has 4 saturated carbocycles. The van der Waals surface area contributed by atoms with Crippen molar-refractivity contribution in [3.8, 4) is 0 Å². The Balaban J connectivity index is 1.32. The van der Waals surface area contributed by atoms with Gasteiger partial charge in [-0.1, -0.05) is 0 Å². The number of rotatable bonds is 4. The Morgan fingerprint density at radius 2 is 2.00 bits per heavy atom. The van der Waals surface area contributed by atoms with Crippen molar-refractivity contribution in [1.29, 1.82) is 0 Å². The Kier molecular flexibility index (Phi) is 4.24. The van der Waals surface area contributed by atoms with Gasteiger partial charge in [-0.3, -0.25) is 9.59 Å². The predicted octanol–water partition coefficient (Wildman–Crippen LogP) is 3.93. The van der Waals surface area contributed by atoms with Crippen LogP contribution in [0.15, 0.2) is 4.79 Å². The molecule has 2 unspecified atom stereocenters. The maximum Gasteiger partial charge on any atom is 0.307 e. The van der Waals surface area contributed by atoms with Crippen molar-refractivity contribution in [3.05, 3.63) is 26.6 Å². The first-order valence-corrected chi connectivity index (χ1v) is 11.4. The monoisotopic (exact) mass is 416 g/mol. The van der Waals surface area contributed by atoms with Crippen LogP contribution in [0.4, 0.5) is 0 Å². The van der Waals surface area contributed by atoms with E-state index in [0.29, 0.717) is 40.7 Å². The normalized spacial score (nSPS) is 33.9. The molecule has 0 spiro atoms. The Labute approximate surface area is 173 Å². The highest BCUT2D eigenvalue weighted by atomic mass is 32.1. The first-order valence-electron chi connectivity index (χ1n) is 10.6. The highest BCUT2D eigenvalue weighted by Crippen LogP contribution is 2.62. The topological polar surface area (TPSA) is 92.3 Å². The standard InChI is InChI=1S/C22H28N2O4S/c1-11-13(3)29-20-17(11)19(26)23-18(24-20)12(2)28-16(25)9-21-5-14-4-15(6-21)8-22(27,7-14)10-21/h12,14-15,27H,4-10H2,1-3H3,(H,23,24,26)/t12-,14-,15+,21?,22?/m0/s1. The second kappa shape index (κ2) is 6.38. The van der Waals surface area contributed by atoms with Gasteiger partial charge in [0.1, 0.15) is 4.83 Å². The molecule has 0 aromatic carbocycles. The summed E-state index contributed by atoms with van der Waals surface area (Å²) in [4.78, 5) is 34.4. The molecule has 4 fully saturated rings. The largest absolute Gasteiger partial charge is 0.454 e. The van der Waals surface area contributed by atoms with E-state index in [2.05, 4.69) is 9.97 Å². The van der Waals surface area contributed by atoms with Gasteiger partial charge in [0.05, 0.1) is 17.4 Å². The number of aromatic amines is 1. The summed E-state index contributed by atoms with van der Waals surface area (Å²) in [6.45, 7) is 5.65. The van der Waals surface area contributed by atoms with E-state index in [4.69, 9.17) is 4.74 Å². The van der Waals surface area contributed by atoms with Crippen LogP contribution in [-0.2, 0) is 9.53 Å². The number of ether oxygens (including phenoxy) is 1. The van der Waals surface area contributed by atoms with Crippen molar-refractivity contribution < 1.29 is 14.6 Å². The summed E-state index contributed by atoms with van der Waals surface area (Å²) in [5, 5.41) is 11.5. The van der Waals surface area contributed by atoms with E-state index >= 15 is 0 Å². The average molecular weight is 417 g/mol. The van der Waals surface area contributed by atoms with Gasteiger partial charge in [0.15, 0.2) is 11.9 Å². The molecule has 4 aliphatic rings. The van der Waals surface area contributed by atoms with Gasteiger partial charge in [-0.15, -0.1) is 11.3 Å². The van der Waals surface area contributed by atoms with Gasteiger partial charge in [-0.2, -0.15) is 0 Å². The Morgan fingerprint density at radius 3 is 2.66 bits per heavy atom. The molecule has 6 nitrogen and oxygen atoms in total. The van der Waals surface area contributed by atoms with Crippen molar-refractivity contribution in [1.82, 2.24) is 9.97 Å². The fraction of sp³-hybridized carbons (Fsp3) is 0.682. The van der Waals surface area contributed by atoms with Crippen LogP contribution < -0.4 is 5.56 Å². The summed E-state index contributed by atoms with van der Waals surface area (Å²) < 4.78 is 5.70. The maximum atomic E-state index is 12.8. The number of thiophene rings is 1. The lowest BCUT2D eigenvalue weighted by molar-refractivity contribution is -0.179. The Bertz CT molecular complexity index is 1040. The third-order valence-corrected chi connectivity index (χ3v) is 8.52. The summed E-state index contributed by atoms with van der Waals surface area (Å²) in [6, 6.07) is 0. The minimum absolute atomic E-state index is 0.123. The van der Waals surface area contributed by atoms with Gasteiger partial charge < -0.3 is 14.8 Å². The van der Waals surface area contributed by atoms with E-state index in [-0.39, 0.29) is 16.9 Å². The molecule has 0 radical (unpaired) electrons.